The van der Waals surface area contributed by atoms with Crippen molar-refractivity contribution in [2.24, 2.45) is 5.92 Å². The number of aromatic nitrogens is 1. The van der Waals surface area contributed by atoms with E-state index in [1.807, 2.05) is 30.0 Å². The zero-order valence-electron chi connectivity index (χ0n) is 22.6. The first-order chi connectivity index (χ1) is 18.4. The average Bonchev–Trinajstić information content (AvgIpc) is 2.94. The lowest BCUT2D eigenvalue weighted by atomic mass is 9.88. The number of pyridine rings is 1. The number of aliphatic carboxylic acids is 1. The van der Waals surface area contributed by atoms with Gasteiger partial charge in [0.1, 0.15) is 17.6 Å². The quantitative estimate of drug-likeness (QED) is 0.280. The molecule has 1 unspecified atom stereocenters. The molecule has 2 aliphatic heterocycles. The van der Waals surface area contributed by atoms with Crippen molar-refractivity contribution >= 4 is 23.4 Å². The Morgan fingerprint density at radius 3 is 2.68 bits per heavy atom. The van der Waals surface area contributed by atoms with E-state index in [1.165, 1.54) is 5.56 Å². The normalized spacial score (nSPS) is 16.9. The first kappa shape index (κ1) is 28.0. The van der Waals surface area contributed by atoms with Gasteiger partial charge in [-0.2, -0.15) is 0 Å². The van der Waals surface area contributed by atoms with E-state index >= 15 is 0 Å². The Labute approximate surface area is 226 Å². The lowest BCUT2D eigenvalue weighted by molar-refractivity contribution is -0.144. The van der Waals surface area contributed by atoms with Gasteiger partial charge in [-0.05, 0) is 94.1 Å². The second-order valence-corrected chi connectivity index (χ2v) is 10.8. The van der Waals surface area contributed by atoms with Gasteiger partial charge in [-0.1, -0.05) is 31.2 Å². The predicted molar refractivity (Wildman–Crippen MR) is 149 cm³/mol. The molecule has 7 nitrogen and oxygen atoms in total. The van der Waals surface area contributed by atoms with E-state index in [1.54, 1.807) is 6.07 Å². The van der Waals surface area contributed by atoms with E-state index in [0.29, 0.717) is 56.5 Å². The van der Waals surface area contributed by atoms with Gasteiger partial charge in [-0.3, -0.25) is 19.3 Å². The minimum atomic E-state index is -0.856. The monoisotopic (exact) mass is 519 g/mol. The van der Waals surface area contributed by atoms with Crippen molar-refractivity contribution in [2.75, 3.05) is 25.0 Å². The van der Waals surface area contributed by atoms with Crippen LogP contribution in [0.4, 0.5) is 5.82 Å². The van der Waals surface area contributed by atoms with Gasteiger partial charge in [0.2, 0.25) is 0 Å². The summed E-state index contributed by atoms with van der Waals surface area (Å²) < 4.78 is 0. The van der Waals surface area contributed by atoms with Crippen LogP contribution in [0.2, 0.25) is 0 Å². The Kier molecular flexibility index (Phi) is 10.0. The third kappa shape index (κ3) is 7.50. The lowest BCUT2D eigenvalue weighted by Crippen LogP contribution is -2.47. The molecule has 204 valence electrons. The zero-order valence-corrected chi connectivity index (χ0v) is 22.6. The highest BCUT2D eigenvalue weighted by atomic mass is 16.4. The second kappa shape index (κ2) is 13.7. The van der Waals surface area contributed by atoms with Gasteiger partial charge in [-0.15, -0.1) is 0 Å². The van der Waals surface area contributed by atoms with Crippen molar-refractivity contribution in [1.29, 1.82) is 0 Å². The molecule has 0 saturated carbocycles. The lowest BCUT2D eigenvalue weighted by Gasteiger charge is -2.35. The number of nitrogens with zero attached hydrogens (tertiary/aromatic N) is 2. The molecule has 0 radical (unpaired) electrons. The molecule has 2 aromatic rings. The molecule has 2 aliphatic rings. The fourth-order valence-electron chi connectivity index (χ4n) is 5.69. The Bertz CT molecular complexity index is 1120. The molecule has 1 fully saturated rings. The van der Waals surface area contributed by atoms with Crippen LogP contribution in [0.5, 0.6) is 0 Å². The Morgan fingerprint density at radius 1 is 1.11 bits per heavy atom. The summed E-state index contributed by atoms with van der Waals surface area (Å²) in [5.41, 5.74) is 3.89. The molecule has 3 heterocycles. The van der Waals surface area contributed by atoms with Crippen molar-refractivity contribution in [2.45, 2.75) is 83.6 Å². The maximum atomic E-state index is 12.9. The van der Waals surface area contributed by atoms with Crippen LogP contribution in [0.1, 0.15) is 85.5 Å². The number of carboxylic acid groups (broad SMARTS) is 1. The Morgan fingerprint density at radius 2 is 1.92 bits per heavy atom. The van der Waals surface area contributed by atoms with E-state index in [9.17, 15) is 19.5 Å². The fraction of sp³-hybridized carbons (Fsp3) is 0.548. The van der Waals surface area contributed by atoms with Crippen LogP contribution in [-0.4, -0.2) is 58.2 Å². The molecular formula is C31H41N3O4. The maximum Gasteiger partial charge on any atom is 0.321 e. The third-order valence-electron chi connectivity index (χ3n) is 7.92. The van der Waals surface area contributed by atoms with Crippen LogP contribution in [0.15, 0.2) is 36.4 Å². The summed E-state index contributed by atoms with van der Waals surface area (Å²) in [6.45, 7) is 4.17. The predicted octanol–water partition coefficient (Wildman–Crippen LogP) is 5.11. The van der Waals surface area contributed by atoms with Crippen molar-refractivity contribution in [1.82, 2.24) is 9.88 Å². The first-order valence-electron chi connectivity index (χ1n) is 14.3. The number of hydrogen-bond donors (Lipinski definition) is 2. The van der Waals surface area contributed by atoms with Crippen LogP contribution < -0.4 is 5.32 Å². The number of anilines is 1. The van der Waals surface area contributed by atoms with Gasteiger partial charge >= 0.3 is 5.97 Å². The molecule has 1 aromatic heterocycles. The smallest absolute Gasteiger partial charge is 0.321 e. The Hall–Kier alpha value is -3.06. The number of hydrogen-bond acceptors (Lipinski definition) is 6. The van der Waals surface area contributed by atoms with E-state index in [4.69, 9.17) is 4.98 Å². The van der Waals surface area contributed by atoms with Crippen LogP contribution in [0, 0.1) is 5.92 Å². The SMILES string of the molecule is CCCC(=O)c1cccc(CC(C(=O)O)N2CCC(C(=O)CCCCc3ccc4c(n3)NCCC4)CC2)c1. The van der Waals surface area contributed by atoms with Gasteiger partial charge in [0.15, 0.2) is 5.78 Å². The van der Waals surface area contributed by atoms with Gasteiger partial charge in [0.25, 0.3) is 0 Å². The maximum absolute atomic E-state index is 12.9. The highest BCUT2D eigenvalue weighted by Gasteiger charge is 2.32. The molecular weight excluding hydrogens is 478 g/mol. The van der Waals surface area contributed by atoms with Crippen molar-refractivity contribution in [3.63, 3.8) is 0 Å². The first-order valence-corrected chi connectivity index (χ1v) is 14.3. The number of rotatable bonds is 13. The van der Waals surface area contributed by atoms with Crippen LogP contribution in [0.3, 0.4) is 0 Å². The summed E-state index contributed by atoms with van der Waals surface area (Å²) in [6.07, 6.45) is 8.55. The summed E-state index contributed by atoms with van der Waals surface area (Å²) in [7, 11) is 0. The molecule has 0 amide bonds. The highest BCUT2D eigenvalue weighted by molar-refractivity contribution is 5.96. The van der Waals surface area contributed by atoms with Crippen LogP contribution >= 0.6 is 0 Å². The zero-order chi connectivity index (χ0) is 26.9. The number of Topliss-reactive ketones (excluding diaryl/α,β-unsaturated/α-hetero) is 2. The van der Waals surface area contributed by atoms with Crippen molar-refractivity contribution in [3.8, 4) is 0 Å². The number of fused-ring (bicyclic) bond motifs is 1. The van der Waals surface area contributed by atoms with E-state index in [0.717, 1.165) is 62.1 Å². The molecule has 0 aliphatic carbocycles. The molecule has 0 spiro atoms. The summed E-state index contributed by atoms with van der Waals surface area (Å²) in [4.78, 5) is 44.0. The highest BCUT2D eigenvalue weighted by Crippen LogP contribution is 2.25. The third-order valence-corrected chi connectivity index (χ3v) is 7.92. The number of carboxylic acids is 1. The van der Waals surface area contributed by atoms with E-state index in [2.05, 4.69) is 17.4 Å². The largest absolute Gasteiger partial charge is 0.480 e. The molecule has 38 heavy (non-hydrogen) atoms. The fourth-order valence-corrected chi connectivity index (χ4v) is 5.69. The summed E-state index contributed by atoms with van der Waals surface area (Å²) >= 11 is 0. The van der Waals surface area contributed by atoms with E-state index in [-0.39, 0.29) is 11.7 Å². The number of ketones is 2. The molecule has 7 heteroatoms. The number of unbranched alkanes of at least 4 members (excludes halogenated alkanes) is 1. The topological polar surface area (TPSA) is 99.6 Å². The standard InChI is InChI=1S/C31H41N3O4/c1-2-7-28(35)25-9-5-8-22(20-25)21-27(31(37)38)34-18-15-23(16-19-34)29(36)12-4-3-11-26-14-13-24-10-6-17-32-30(24)33-26/h5,8-9,13-14,20,23,27H,2-4,6-7,10-12,15-19,21H2,1H3,(H,32,33)(H,37,38). The van der Waals surface area contributed by atoms with Crippen LogP contribution in [-0.2, 0) is 28.9 Å². The molecule has 4 rings (SSSR count). The van der Waals surface area contributed by atoms with Crippen LogP contribution in [0.25, 0.3) is 0 Å². The van der Waals surface area contributed by atoms with Crippen molar-refractivity contribution in [3.05, 3.63) is 58.8 Å². The van der Waals surface area contributed by atoms with Gasteiger partial charge in [0.05, 0.1) is 0 Å². The number of aryl methyl sites for hydroxylation is 2. The minimum absolute atomic E-state index is 0.0155. The number of piperidine rings is 1. The molecule has 1 atom stereocenters. The number of benzene rings is 1. The van der Waals surface area contributed by atoms with Gasteiger partial charge in [-0.25, -0.2) is 4.98 Å². The van der Waals surface area contributed by atoms with Crippen molar-refractivity contribution < 1.29 is 19.5 Å². The minimum Gasteiger partial charge on any atom is -0.480 e. The number of carbonyl (C=O) groups is 3. The summed E-state index contributed by atoms with van der Waals surface area (Å²) in [6, 6.07) is 11.0. The number of likely N-dealkylation sites (tertiary alicyclic amines) is 1. The number of carbonyl (C=O) groups excluding carboxylic acids is 2. The summed E-state index contributed by atoms with van der Waals surface area (Å²) in [5.74, 6) is 0.581. The molecule has 1 saturated heterocycles. The molecule has 0 bridgehead atoms. The van der Waals surface area contributed by atoms with Gasteiger partial charge < -0.3 is 10.4 Å². The molecule has 2 N–H and O–H groups in total. The second-order valence-electron chi connectivity index (χ2n) is 10.8. The number of nitrogens with one attached hydrogen (secondary N) is 1. The van der Waals surface area contributed by atoms with E-state index < -0.39 is 12.0 Å². The Balaban J connectivity index is 1.22. The molecule has 1 aromatic carbocycles. The van der Waals surface area contributed by atoms with Gasteiger partial charge in [0, 0.05) is 36.6 Å². The average molecular weight is 520 g/mol. The summed E-state index contributed by atoms with van der Waals surface area (Å²) in [5, 5.41) is 13.3.